The van der Waals surface area contributed by atoms with E-state index in [1.54, 1.807) is 5.30 Å². The minimum absolute atomic E-state index is 0. The summed E-state index contributed by atoms with van der Waals surface area (Å²) in [7, 11) is 0.0402. The van der Waals surface area contributed by atoms with Crippen LogP contribution < -0.4 is 5.30 Å². The first-order valence-corrected chi connectivity index (χ1v) is 10.7. The van der Waals surface area contributed by atoms with E-state index >= 15 is 0 Å². The lowest BCUT2D eigenvalue weighted by Gasteiger charge is -2.39. The minimum Gasteiger partial charge on any atom is -0.0677 e. The fourth-order valence-electron chi connectivity index (χ4n) is 4.07. The van der Waals surface area contributed by atoms with Crippen molar-refractivity contribution < 1.29 is 0 Å². The summed E-state index contributed by atoms with van der Waals surface area (Å²) in [5.74, 6) is 0. The molecule has 0 amide bonds. The van der Waals surface area contributed by atoms with Gasteiger partial charge in [0, 0.05) is 4.47 Å². The van der Waals surface area contributed by atoms with E-state index in [0.29, 0.717) is 0 Å². The fraction of sp³-hybridized carbons (Fsp3) is 0.667. The SMILES string of the molecule is B.Brc1ccccc1P(C1CCCCC1)C1CCCCC1. The molecule has 21 heavy (non-hydrogen) atoms. The van der Waals surface area contributed by atoms with Gasteiger partial charge in [0.05, 0.1) is 8.41 Å². The second-order valence-electron chi connectivity index (χ2n) is 6.44. The minimum atomic E-state index is 0. The van der Waals surface area contributed by atoms with E-state index < -0.39 is 0 Å². The van der Waals surface area contributed by atoms with Crippen molar-refractivity contribution in [1.82, 2.24) is 0 Å². The van der Waals surface area contributed by atoms with Crippen molar-refractivity contribution in [2.24, 2.45) is 0 Å². The number of halogens is 1. The highest BCUT2D eigenvalue weighted by atomic mass is 79.9. The van der Waals surface area contributed by atoms with Gasteiger partial charge in [-0.05, 0) is 48.4 Å². The molecule has 0 bridgehead atoms. The van der Waals surface area contributed by atoms with Gasteiger partial charge >= 0.3 is 0 Å². The van der Waals surface area contributed by atoms with Crippen LogP contribution >= 0.6 is 23.9 Å². The first kappa shape index (κ1) is 17.5. The standard InChI is InChI=1S/C18H26BrP.BH3/c19-17-13-7-8-14-18(17)20(15-9-3-1-4-10-15)16-11-5-2-6-12-16;/h7-8,13-16H,1-6,9-12H2;1H3. The molecule has 0 aliphatic heterocycles. The van der Waals surface area contributed by atoms with Gasteiger partial charge in [-0.3, -0.25) is 0 Å². The molecule has 2 saturated carbocycles. The van der Waals surface area contributed by atoms with Crippen LogP contribution in [0, 0.1) is 0 Å². The summed E-state index contributed by atoms with van der Waals surface area (Å²) in [4.78, 5) is 0. The van der Waals surface area contributed by atoms with Crippen molar-refractivity contribution in [3.8, 4) is 0 Å². The molecule has 0 atom stereocenters. The van der Waals surface area contributed by atoms with Gasteiger partial charge in [-0.25, -0.2) is 0 Å². The van der Waals surface area contributed by atoms with Gasteiger partial charge in [-0.2, -0.15) is 0 Å². The van der Waals surface area contributed by atoms with E-state index in [4.69, 9.17) is 0 Å². The van der Waals surface area contributed by atoms with E-state index in [0.717, 1.165) is 11.3 Å². The summed E-state index contributed by atoms with van der Waals surface area (Å²) in [6.07, 6.45) is 14.8. The molecule has 3 rings (SSSR count). The maximum absolute atomic E-state index is 3.85. The maximum Gasteiger partial charge on any atom is 0.0814 e. The van der Waals surface area contributed by atoms with Crippen LogP contribution in [0.4, 0.5) is 0 Å². The van der Waals surface area contributed by atoms with E-state index in [1.807, 2.05) is 0 Å². The largest absolute Gasteiger partial charge is 0.0814 e. The summed E-state index contributed by atoms with van der Waals surface area (Å²) in [5.41, 5.74) is 2.00. The zero-order valence-corrected chi connectivity index (χ0v) is 14.8. The molecule has 0 aromatic heterocycles. The molecule has 1 aromatic rings. The number of hydrogen-bond acceptors (Lipinski definition) is 0. The van der Waals surface area contributed by atoms with Crippen molar-refractivity contribution in [3.63, 3.8) is 0 Å². The first-order chi connectivity index (χ1) is 9.86. The number of rotatable bonds is 3. The second-order valence-corrected chi connectivity index (χ2v) is 10.1. The zero-order chi connectivity index (χ0) is 13.8. The van der Waals surface area contributed by atoms with Gasteiger partial charge in [0.2, 0.25) is 0 Å². The van der Waals surface area contributed by atoms with Crippen LogP contribution in [0.25, 0.3) is 0 Å². The molecule has 0 N–H and O–H groups in total. The van der Waals surface area contributed by atoms with Gasteiger partial charge < -0.3 is 0 Å². The Kier molecular flexibility index (Phi) is 7.29. The normalized spacial score (nSPS) is 21.2. The van der Waals surface area contributed by atoms with Crippen LogP contribution in [0.15, 0.2) is 28.7 Å². The lowest BCUT2D eigenvalue weighted by atomic mass is 9.99. The van der Waals surface area contributed by atoms with Crippen molar-refractivity contribution in [1.29, 1.82) is 0 Å². The van der Waals surface area contributed by atoms with Crippen molar-refractivity contribution in [2.45, 2.75) is 75.5 Å². The average molecular weight is 367 g/mol. The van der Waals surface area contributed by atoms with Crippen molar-refractivity contribution >= 4 is 37.6 Å². The predicted molar refractivity (Wildman–Crippen MR) is 104 cm³/mol. The third-order valence-electron chi connectivity index (χ3n) is 5.07. The maximum atomic E-state index is 3.85. The molecule has 0 heterocycles. The lowest BCUT2D eigenvalue weighted by molar-refractivity contribution is 0.487. The molecule has 1 aromatic carbocycles. The van der Waals surface area contributed by atoms with Crippen LogP contribution in [-0.4, -0.2) is 19.7 Å². The summed E-state index contributed by atoms with van der Waals surface area (Å²) < 4.78 is 1.38. The molecule has 2 aliphatic carbocycles. The monoisotopic (exact) mass is 366 g/mol. The molecular formula is C18H29BBrP. The van der Waals surface area contributed by atoms with Gasteiger partial charge in [0.1, 0.15) is 0 Å². The number of hydrogen-bond donors (Lipinski definition) is 0. The molecular weight excluding hydrogens is 338 g/mol. The Morgan fingerprint density at radius 2 is 1.24 bits per heavy atom. The van der Waals surface area contributed by atoms with Gasteiger partial charge in [0.15, 0.2) is 0 Å². The summed E-state index contributed by atoms with van der Waals surface area (Å²) in [5, 5.41) is 1.67. The van der Waals surface area contributed by atoms with Gasteiger partial charge in [0.25, 0.3) is 0 Å². The summed E-state index contributed by atoms with van der Waals surface area (Å²) in [6, 6.07) is 9.10. The molecule has 0 radical (unpaired) electrons. The first-order valence-electron chi connectivity index (χ1n) is 8.39. The van der Waals surface area contributed by atoms with Crippen LogP contribution in [0.2, 0.25) is 0 Å². The van der Waals surface area contributed by atoms with Crippen molar-refractivity contribution in [2.75, 3.05) is 0 Å². The molecule has 0 unspecified atom stereocenters. The van der Waals surface area contributed by atoms with Crippen LogP contribution in [0.5, 0.6) is 0 Å². The topological polar surface area (TPSA) is 0 Å². The Balaban J connectivity index is 0.00000161. The van der Waals surface area contributed by atoms with Crippen LogP contribution in [0.3, 0.4) is 0 Å². The van der Waals surface area contributed by atoms with E-state index in [2.05, 4.69) is 40.2 Å². The van der Waals surface area contributed by atoms with Gasteiger partial charge in [-0.15, -0.1) is 0 Å². The van der Waals surface area contributed by atoms with Crippen LogP contribution in [0.1, 0.15) is 64.2 Å². The Bertz CT molecular complexity index is 407. The Labute approximate surface area is 141 Å². The second kappa shape index (κ2) is 8.73. The Hall–Kier alpha value is 0.195. The highest BCUT2D eigenvalue weighted by Gasteiger charge is 2.32. The predicted octanol–water partition coefficient (Wildman–Crippen LogP) is 5.04. The quantitative estimate of drug-likeness (QED) is 0.519. The third kappa shape index (κ3) is 4.35. The highest BCUT2D eigenvalue weighted by Crippen LogP contribution is 2.55. The molecule has 2 fully saturated rings. The zero-order valence-electron chi connectivity index (χ0n) is 12.4. The van der Waals surface area contributed by atoms with E-state index in [-0.39, 0.29) is 16.3 Å². The molecule has 116 valence electrons. The van der Waals surface area contributed by atoms with E-state index in [9.17, 15) is 0 Å². The lowest BCUT2D eigenvalue weighted by Crippen LogP contribution is -2.26. The fourth-order valence-corrected chi connectivity index (χ4v) is 8.78. The number of benzene rings is 1. The third-order valence-corrected chi connectivity index (χ3v) is 9.62. The molecule has 0 saturated heterocycles. The molecule has 0 nitrogen and oxygen atoms in total. The van der Waals surface area contributed by atoms with E-state index in [1.165, 1.54) is 68.7 Å². The highest BCUT2D eigenvalue weighted by molar-refractivity contribution is 9.10. The van der Waals surface area contributed by atoms with Crippen molar-refractivity contribution in [3.05, 3.63) is 28.7 Å². The van der Waals surface area contributed by atoms with Crippen LogP contribution in [-0.2, 0) is 0 Å². The Morgan fingerprint density at radius 3 is 1.71 bits per heavy atom. The Morgan fingerprint density at radius 1 is 0.762 bits per heavy atom. The molecule has 0 spiro atoms. The smallest absolute Gasteiger partial charge is 0.0677 e. The van der Waals surface area contributed by atoms with Gasteiger partial charge in [-0.1, -0.05) is 80.6 Å². The summed E-state index contributed by atoms with van der Waals surface area (Å²) >= 11 is 3.85. The average Bonchev–Trinajstić information content (AvgIpc) is 2.52. The molecule has 3 heteroatoms. The molecule has 2 aliphatic rings. The summed E-state index contributed by atoms with van der Waals surface area (Å²) in [6.45, 7) is 0.